The predicted molar refractivity (Wildman–Crippen MR) is 107 cm³/mol. The molecule has 28 heavy (non-hydrogen) atoms. The van der Waals surface area contributed by atoms with Gasteiger partial charge in [0, 0.05) is 38.3 Å². The minimum atomic E-state index is -0.216. The molecule has 152 valence electrons. The van der Waals surface area contributed by atoms with Gasteiger partial charge in [-0.15, -0.1) is 0 Å². The number of carbonyl (C=O) groups excluding carboxylic acids is 2. The Morgan fingerprint density at radius 3 is 2.57 bits per heavy atom. The van der Waals surface area contributed by atoms with E-state index in [-0.39, 0.29) is 30.6 Å². The highest BCUT2D eigenvalue weighted by Gasteiger charge is 2.35. The molecule has 2 heterocycles. The summed E-state index contributed by atoms with van der Waals surface area (Å²) < 4.78 is 5.66. The van der Waals surface area contributed by atoms with Gasteiger partial charge in [-0.05, 0) is 37.8 Å². The van der Waals surface area contributed by atoms with E-state index in [9.17, 15) is 9.59 Å². The summed E-state index contributed by atoms with van der Waals surface area (Å²) in [5.74, 6) is -0.151. The van der Waals surface area contributed by atoms with Gasteiger partial charge in [-0.2, -0.15) is 0 Å². The van der Waals surface area contributed by atoms with E-state index in [1.807, 2.05) is 4.90 Å². The van der Waals surface area contributed by atoms with Crippen molar-refractivity contribution in [2.24, 2.45) is 0 Å². The maximum absolute atomic E-state index is 12.4. The number of nitrogens with one attached hydrogen (secondary N) is 1. The van der Waals surface area contributed by atoms with Crippen LogP contribution in [0.1, 0.15) is 42.5 Å². The van der Waals surface area contributed by atoms with Gasteiger partial charge in [0.1, 0.15) is 6.61 Å². The number of hydrogen-bond donors (Lipinski definition) is 1. The Morgan fingerprint density at radius 1 is 1.14 bits per heavy atom. The van der Waals surface area contributed by atoms with Gasteiger partial charge in [0.2, 0.25) is 5.91 Å². The second-order valence-corrected chi connectivity index (χ2v) is 8.43. The summed E-state index contributed by atoms with van der Waals surface area (Å²) >= 11 is 6.08. The van der Waals surface area contributed by atoms with Crippen LogP contribution in [-0.2, 0) is 9.53 Å². The van der Waals surface area contributed by atoms with Crippen molar-refractivity contribution in [2.45, 2.75) is 50.3 Å². The molecule has 0 spiro atoms. The van der Waals surface area contributed by atoms with Crippen molar-refractivity contribution in [3.63, 3.8) is 0 Å². The number of rotatable bonds is 5. The van der Waals surface area contributed by atoms with Crippen molar-refractivity contribution in [1.82, 2.24) is 15.1 Å². The number of ether oxygens (including phenoxy) is 1. The molecule has 2 aliphatic heterocycles. The second-order valence-electron chi connectivity index (χ2n) is 8.02. The zero-order valence-electron chi connectivity index (χ0n) is 16.1. The Morgan fingerprint density at radius 2 is 1.89 bits per heavy atom. The number of halogens is 1. The first-order chi connectivity index (χ1) is 13.6. The Hall–Kier alpha value is -1.63. The molecule has 2 amide bonds. The third kappa shape index (κ3) is 4.34. The molecule has 0 radical (unpaired) electrons. The molecule has 2 saturated heterocycles. The van der Waals surface area contributed by atoms with Crippen LogP contribution in [0.25, 0.3) is 0 Å². The van der Waals surface area contributed by atoms with E-state index in [0.717, 1.165) is 32.0 Å². The van der Waals surface area contributed by atoms with Crippen LogP contribution >= 0.6 is 11.6 Å². The van der Waals surface area contributed by atoms with E-state index in [2.05, 4.69) is 10.2 Å². The molecule has 1 N–H and O–H groups in total. The lowest BCUT2D eigenvalue weighted by atomic mass is 9.89. The number of morpholine rings is 1. The Balaban J connectivity index is 1.28. The Labute approximate surface area is 171 Å². The summed E-state index contributed by atoms with van der Waals surface area (Å²) in [7, 11) is 0. The van der Waals surface area contributed by atoms with Crippen molar-refractivity contribution >= 4 is 23.4 Å². The maximum Gasteiger partial charge on any atom is 0.252 e. The summed E-state index contributed by atoms with van der Waals surface area (Å²) in [4.78, 5) is 29.3. The lowest BCUT2D eigenvalue weighted by Crippen LogP contribution is -2.57. The van der Waals surface area contributed by atoms with Crippen molar-refractivity contribution in [2.75, 3.05) is 32.8 Å². The Kier molecular flexibility index (Phi) is 6.19. The van der Waals surface area contributed by atoms with Crippen LogP contribution in [0.4, 0.5) is 0 Å². The average molecular weight is 406 g/mol. The zero-order valence-corrected chi connectivity index (χ0v) is 16.9. The van der Waals surface area contributed by atoms with E-state index >= 15 is 0 Å². The van der Waals surface area contributed by atoms with Crippen molar-refractivity contribution < 1.29 is 14.3 Å². The number of likely N-dealkylation sites (tertiary alicyclic amines) is 1. The molecule has 1 aliphatic carbocycles. The summed E-state index contributed by atoms with van der Waals surface area (Å²) in [6.07, 6.45) is 5.88. The minimum Gasteiger partial charge on any atom is -0.365 e. The normalized spacial score (nSPS) is 24.8. The molecule has 3 fully saturated rings. The van der Waals surface area contributed by atoms with Crippen LogP contribution in [0.15, 0.2) is 24.3 Å². The number of benzene rings is 1. The standard InChI is InChI=1S/C21H28ClN3O3/c22-19-7-2-1-6-18(19)21(27)23-12-17-13-25(20(26)14-28-17)16-8-10-24(11-9-16)15-4-3-5-15/h1-2,6-7,15-17H,3-5,8-14H2,(H,23,27). The first kappa shape index (κ1) is 19.7. The fourth-order valence-corrected chi connectivity index (χ4v) is 4.61. The van der Waals surface area contributed by atoms with Gasteiger partial charge in [0.15, 0.2) is 0 Å². The van der Waals surface area contributed by atoms with E-state index in [0.29, 0.717) is 23.7 Å². The van der Waals surface area contributed by atoms with Crippen LogP contribution < -0.4 is 5.32 Å². The molecule has 1 atom stereocenters. The first-order valence-electron chi connectivity index (χ1n) is 10.3. The lowest BCUT2D eigenvalue weighted by Gasteiger charge is -2.45. The van der Waals surface area contributed by atoms with Gasteiger partial charge in [-0.3, -0.25) is 9.59 Å². The monoisotopic (exact) mass is 405 g/mol. The molecule has 1 saturated carbocycles. The van der Waals surface area contributed by atoms with E-state index in [1.165, 1.54) is 19.3 Å². The SMILES string of the molecule is O=C(NCC1CN(C2CCN(C3CCC3)CC2)C(=O)CO1)c1ccccc1Cl. The average Bonchev–Trinajstić information content (AvgIpc) is 2.67. The van der Waals surface area contributed by atoms with Crippen LogP contribution in [0.5, 0.6) is 0 Å². The number of carbonyl (C=O) groups is 2. The molecular formula is C21H28ClN3O3. The largest absolute Gasteiger partial charge is 0.365 e. The molecule has 1 unspecified atom stereocenters. The lowest BCUT2D eigenvalue weighted by molar-refractivity contribution is -0.153. The van der Waals surface area contributed by atoms with Crippen LogP contribution in [0.3, 0.4) is 0 Å². The maximum atomic E-state index is 12.4. The molecule has 1 aromatic carbocycles. The van der Waals surface area contributed by atoms with Crippen molar-refractivity contribution in [3.05, 3.63) is 34.9 Å². The topological polar surface area (TPSA) is 61.9 Å². The van der Waals surface area contributed by atoms with Crippen molar-refractivity contribution in [3.8, 4) is 0 Å². The van der Waals surface area contributed by atoms with Gasteiger partial charge in [0.05, 0.1) is 16.7 Å². The number of piperidine rings is 1. The second kappa shape index (κ2) is 8.80. The number of nitrogens with zero attached hydrogens (tertiary/aromatic N) is 2. The van der Waals surface area contributed by atoms with E-state index < -0.39 is 0 Å². The highest BCUT2D eigenvalue weighted by molar-refractivity contribution is 6.33. The molecule has 4 rings (SSSR count). The van der Waals surface area contributed by atoms with Crippen LogP contribution in [-0.4, -0.2) is 72.6 Å². The van der Waals surface area contributed by atoms with Gasteiger partial charge >= 0.3 is 0 Å². The Bertz CT molecular complexity index is 717. The van der Waals surface area contributed by atoms with Gasteiger partial charge in [-0.25, -0.2) is 0 Å². The summed E-state index contributed by atoms with van der Waals surface area (Å²) in [6.45, 7) is 3.15. The summed E-state index contributed by atoms with van der Waals surface area (Å²) in [6, 6.07) is 8.04. The number of hydrogen-bond acceptors (Lipinski definition) is 4. The molecule has 6 nitrogen and oxygen atoms in total. The molecule has 0 aromatic heterocycles. The molecule has 3 aliphatic rings. The molecule has 7 heteroatoms. The van der Waals surface area contributed by atoms with E-state index in [4.69, 9.17) is 16.3 Å². The minimum absolute atomic E-state index is 0.0655. The third-order valence-corrected chi connectivity index (χ3v) is 6.63. The molecule has 1 aromatic rings. The fourth-order valence-electron chi connectivity index (χ4n) is 4.38. The molecule has 0 bridgehead atoms. The van der Waals surface area contributed by atoms with Gasteiger partial charge < -0.3 is 19.9 Å². The van der Waals surface area contributed by atoms with Crippen LogP contribution in [0, 0.1) is 0 Å². The smallest absolute Gasteiger partial charge is 0.252 e. The first-order valence-corrected chi connectivity index (χ1v) is 10.7. The van der Waals surface area contributed by atoms with Crippen molar-refractivity contribution in [1.29, 1.82) is 0 Å². The van der Waals surface area contributed by atoms with Gasteiger partial charge in [-0.1, -0.05) is 30.2 Å². The third-order valence-electron chi connectivity index (χ3n) is 6.30. The molecular weight excluding hydrogens is 378 g/mol. The summed E-state index contributed by atoms with van der Waals surface area (Å²) in [5, 5.41) is 3.32. The fraction of sp³-hybridized carbons (Fsp3) is 0.619. The highest BCUT2D eigenvalue weighted by atomic mass is 35.5. The van der Waals surface area contributed by atoms with Gasteiger partial charge in [0.25, 0.3) is 5.91 Å². The van der Waals surface area contributed by atoms with E-state index in [1.54, 1.807) is 24.3 Å². The highest BCUT2D eigenvalue weighted by Crippen LogP contribution is 2.29. The predicted octanol–water partition coefficient (Wildman–Crippen LogP) is 2.31. The van der Waals surface area contributed by atoms with Crippen LogP contribution in [0.2, 0.25) is 5.02 Å². The number of amides is 2. The zero-order chi connectivity index (χ0) is 19.5. The summed E-state index contributed by atoms with van der Waals surface area (Å²) in [5.41, 5.74) is 0.455. The quantitative estimate of drug-likeness (QED) is 0.816.